The molecule has 0 aliphatic heterocycles. The van der Waals surface area contributed by atoms with Crippen LogP contribution in [0.5, 0.6) is 0 Å². The standard InChI is InChI=1S/C16H23ClN2O3/c1-11-12(17)7-5-8-13(11)19-15(21)16(2,3)14(20)18-9-6-10-22-4/h5,7-8H,6,9-10H2,1-4H3,(H,18,20)(H,19,21). The third-order valence-electron chi connectivity index (χ3n) is 3.46. The number of carbonyl (C=O) groups excluding carboxylic acids is 2. The van der Waals surface area contributed by atoms with Gasteiger partial charge in [0, 0.05) is 31.0 Å². The summed E-state index contributed by atoms with van der Waals surface area (Å²) in [4.78, 5) is 24.6. The summed E-state index contributed by atoms with van der Waals surface area (Å²) in [6, 6.07) is 5.26. The van der Waals surface area contributed by atoms with Gasteiger partial charge in [0.15, 0.2) is 0 Å². The molecule has 122 valence electrons. The Hall–Kier alpha value is -1.59. The van der Waals surface area contributed by atoms with Crippen LogP contribution in [0.25, 0.3) is 0 Å². The highest BCUT2D eigenvalue weighted by Gasteiger charge is 2.36. The lowest BCUT2D eigenvalue weighted by atomic mass is 9.90. The third kappa shape index (κ3) is 4.71. The second-order valence-electron chi connectivity index (χ2n) is 5.59. The molecule has 0 aliphatic carbocycles. The molecule has 2 N–H and O–H groups in total. The predicted molar refractivity (Wildman–Crippen MR) is 88.1 cm³/mol. The van der Waals surface area contributed by atoms with Crippen molar-refractivity contribution in [3.8, 4) is 0 Å². The van der Waals surface area contributed by atoms with Crippen molar-refractivity contribution < 1.29 is 14.3 Å². The molecule has 0 aliphatic rings. The lowest BCUT2D eigenvalue weighted by Crippen LogP contribution is -2.45. The monoisotopic (exact) mass is 326 g/mol. The van der Waals surface area contributed by atoms with Crippen molar-refractivity contribution in [3.63, 3.8) is 0 Å². The third-order valence-corrected chi connectivity index (χ3v) is 3.87. The quantitative estimate of drug-likeness (QED) is 0.598. The molecule has 0 heterocycles. The first kappa shape index (κ1) is 18.5. The molecule has 0 radical (unpaired) electrons. The Labute approximate surface area is 136 Å². The van der Waals surface area contributed by atoms with Gasteiger partial charge in [-0.2, -0.15) is 0 Å². The average molecular weight is 327 g/mol. The Morgan fingerprint density at radius 2 is 1.95 bits per heavy atom. The number of anilines is 1. The van der Waals surface area contributed by atoms with Gasteiger partial charge in [-0.25, -0.2) is 0 Å². The number of halogens is 1. The molecule has 1 aromatic carbocycles. The number of amides is 2. The highest BCUT2D eigenvalue weighted by molar-refractivity contribution is 6.31. The van der Waals surface area contributed by atoms with E-state index < -0.39 is 5.41 Å². The van der Waals surface area contributed by atoms with E-state index in [4.69, 9.17) is 16.3 Å². The largest absolute Gasteiger partial charge is 0.385 e. The maximum Gasteiger partial charge on any atom is 0.239 e. The second-order valence-corrected chi connectivity index (χ2v) is 6.00. The molecule has 0 spiro atoms. The SMILES string of the molecule is COCCCNC(=O)C(C)(C)C(=O)Nc1cccc(Cl)c1C. The normalized spacial score (nSPS) is 11.1. The minimum Gasteiger partial charge on any atom is -0.385 e. The number of hydrogen-bond donors (Lipinski definition) is 2. The van der Waals surface area contributed by atoms with Crippen LogP contribution in [0.3, 0.4) is 0 Å². The maximum absolute atomic E-state index is 12.4. The van der Waals surface area contributed by atoms with Crippen molar-refractivity contribution in [2.75, 3.05) is 25.6 Å². The van der Waals surface area contributed by atoms with Gasteiger partial charge in [0.2, 0.25) is 11.8 Å². The lowest BCUT2D eigenvalue weighted by Gasteiger charge is -2.23. The van der Waals surface area contributed by atoms with E-state index in [9.17, 15) is 9.59 Å². The molecule has 0 saturated carbocycles. The molecule has 0 fully saturated rings. The number of rotatable bonds is 7. The zero-order valence-corrected chi connectivity index (χ0v) is 14.2. The number of methoxy groups -OCH3 is 1. The summed E-state index contributed by atoms with van der Waals surface area (Å²) in [6.07, 6.45) is 0.702. The van der Waals surface area contributed by atoms with Gasteiger partial charge in [-0.1, -0.05) is 17.7 Å². The van der Waals surface area contributed by atoms with Gasteiger partial charge < -0.3 is 15.4 Å². The molecule has 1 aromatic rings. The topological polar surface area (TPSA) is 67.4 Å². The van der Waals surface area contributed by atoms with Crippen LogP contribution in [0.2, 0.25) is 5.02 Å². The minimum atomic E-state index is -1.18. The van der Waals surface area contributed by atoms with Gasteiger partial charge in [0.05, 0.1) is 0 Å². The zero-order chi connectivity index (χ0) is 16.8. The van der Waals surface area contributed by atoms with Crippen LogP contribution < -0.4 is 10.6 Å². The number of benzene rings is 1. The first-order chi connectivity index (χ1) is 10.3. The Balaban J connectivity index is 2.69. The molecule has 0 saturated heterocycles. The van der Waals surface area contributed by atoms with E-state index in [1.807, 2.05) is 6.92 Å². The second kappa shape index (κ2) is 8.15. The maximum atomic E-state index is 12.4. The first-order valence-electron chi connectivity index (χ1n) is 7.14. The van der Waals surface area contributed by atoms with Crippen LogP contribution in [0.15, 0.2) is 18.2 Å². The Bertz CT molecular complexity index is 544. The zero-order valence-electron chi connectivity index (χ0n) is 13.5. The molecular formula is C16H23ClN2O3. The van der Waals surface area contributed by atoms with Crippen molar-refractivity contribution >= 4 is 29.1 Å². The fourth-order valence-corrected chi connectivity index (χ4v) is 1.94. The van der Waals surface area contributed by atoms with Gasteiger partial charge >= 0.3 is 0 Å². The molecule has 0 bridgehead atoms. The van der Waals surface area contributed by atoms with Gasteiger partial charge in [0.25, 0.3) is 0 Å². The van der Waals surface area contributed by atoms with Crippen LogP contribution in [0, 0.1) is 12.3 Å². The average Bonchev–Trinajstić information content (AvgIpc) is 2.48. The Morgan fingerprint density at radius 1 is 1.27 bits per heavy atom. The van der Waals surface area contributed by atoms with Crippen molar-refractivity contribution in [3.05, 3.63) is 28.8 Å². The summed E-state index contributed by atoms with van der Waals surface area (Å²) < 4.78 is 4.92. The summed E-state index contributed by atoms with van der Waals surface area (Å²) in [5.41, 5.74) is 0.202. The van der Waals surface area contributed by atoms with Crippen molar-refractivity contribution in [1.82, 2.24) is 5.32 Å². The number of hydrogen-bond acceptors (Lipinski definition) is 3. The Morgan fingerprint density at radius 3 is 2.59 bits per heavy atom. The fourth-order valence-electron chi connectivity index (χ4n) is 1.76. The molecule has 2 amide bonds. The summed E-state index contributed by atoms with van der Waals surface area (Å²) in [6.45, 7) is 6.03. The van der Waals surface area contributed by atoms with E-state index in [1.54, 1.807) is 39.2 Å². The smallest absolute Gasteiger partial charge is 0.239 e. The van der Waals surface area contributed by atoms with Gasteiger partial charge in [0.1, 0.15) is 5.41 Å². The highest BCUT2D eigenvalue weighted by Crippen LogP contribution is 2.25. The first-order valence-corrected chi connectivity index (χ1v) is 7.52. The fraction of sp³-hybridized carbons (Fsp3) is 0.500. The molecular weight excluding hydrogens is 304 g/mol. The van der Waals surface area contributed by atoms with E-state index in [1.165, 1.54) is 0 Å². The molecule has 1 rings (SSSR count). The molecule has 0 aromatic heterocycles. The van der Waals surface area contributed by atoms with E-state index in [2.05, 4.69) is 10.6 Å². The lowest BCUT2D eigenvalue weighted by molar-refractivity contribution is -0.138. The van der Waals surface area contributed by atoms with Gasteiger partial charge in [-0.15, -0.1) is 0 Å². The number of nitrogens with one attached hydrogen (secondary N) is 2. The van der Waals surface area contributed by atoms with Crippen LogP contribution in [-0.4, -0.2) is 32.1 Å². The van der Waals surface area contributed by atoms with Crippen molar-refractivity contribution in [2.24, 2.45) is 5.41 Å². The summed E-state index contributed by atoms with van der Waals surface area (Å²) in [5.74, 6) is -0.692. The molecule has 5 nitrogen and oxygen atoms in total. The van der Waals surface area contributed by atoms with Crippen LogP contribution in [-0.2, 0) is 14.3 Å². The van der Waals surface area contributed by atoms with Crippen LogP contribution in [0.4, 0.5) is 5.69 Å². The molecule has 0 atom stereocenters. The number of ether oxygens (including phenoxy) is 1. The minimum absolute atomic E-state index is 0.319. The summed E-state index contributed by atoms with van der Waals surface area (Å²) >= 11 is 6.03. The molecule has 6 heteroatoms. The Kier molecular flexibility index (Phi) is 6.84. The molecule has 0 unspecified atom stereocenters. The van der Waals surface area contributed by atoms with E-state index >= 15 is 0 Å². The van der Waals surface area contributed by atoms with E-state index in [0.717, 1.165) is 5.56 Å². The van der Waals surface area contributed by atoms with E-state index in [0.29, 0.717) is 30.3 Å². The van der Waals surface area contributed by atoms with Crippen LogP contribution >= 0.6 is 11.6 Å². The highest BCUT2D eigenvalue weighted by atomic mass is 35.5. The summed E-state index contributed by atoms with van der Waals surface area (Å²) in [5, 5.41) is 6.08. The summed E-state index contributed by atoms with van der Waals surface area (Å²) in [7, 11) is 1.60. The van der Waals surface area contributed by atoms with Crippen LogP contribution in [0.1, 0.15) is 25.8 Å². The van der Waals surface area contributed by atoms with Crippen molar-refractivity contribution in [2.45, 2.75) is 27.2 Å². The van der Waals surface area contributed by atoms with Gasteiger partial charge in [-0.05, 0) is 44.9 Å². The molecule has 22 heavy (non-hydrogen) atoms. The van der Waals surface area contributed by atoms with Gasteiger partial charge in [-0.3, -0.25) is 9.59 Å². The predicted octanol–water partition coefficient (Wildman–Crippen LogP) is 2.77. The van der Waals surface area contributed by atoms with E-state index in [-0.39, 0.29) is 11.8 Å². The number of carbonyl (C=O) groups is 2. The van der Waals surface area contributed by atoms with Crippen molar-refractivity contribution in [1.29, 1.82) is 0 Å².